The van der Waals surface area contributed by atoms with Gasteiger partial charge in [-0.3, -0.25) is 4.79 Å². The molecule has 148 valence electrons. The molecule has 0 bridgehead atoms. The van der Waals surface area contributed by atoms with Crippen molar-refractivity contribution in [3.05, 3.63) is 0 Å². The monoisotopic (exact) mass is 361 g/mol. The van der Waals surface area contributed by atoms with Gasteiger partial charge in [-0.25, -0.2) is 4.79 Å². The topological polar surface area (TPSA) is 94.1 Å². The number of alkyl carbamates (subject to hydrolysis) is 1. The molecule has 0 aromatic heterocycles. The molecule has 2 N–H and O–H groups in total. The summed E-state index contributed by atoms with van der Waals surface area (Å²) in [6, 6.07) is 0. The Morgan fingerprint density at radius 2 is 1.52 bits per heavy atom. The van der Waals surface area contributed by atoms with E-state index in [2.05, 4.69) is 5.32 Å². The lowest BCUT2D eigenvalue weighted by molar-refractivity contribution is -0.138. The first kappa shape index (κ1) is 23.7. The van der Waals surface area contributed by atoms with Crippen molar-refractivity contribution in [2.75, 3.05) is 19.8 Å². The second kappa shape index (κ2) is 9.97. The molecule has 0 saturated carbocycles. The van der Waals surface area contributed by atoms with Crippen LogP contribution in [0.2, 0.25) is 0 Å². The smallest absolute Gasteiger partial charge is 0.408 e. The minimum atomic E-state index is -0.866. The quantitative estimate of drug-likeness (QED) is 0.548. The van der Waals surface area contributed by atoms with Gasteiger partial charge in [0.05, 0.1) is 18.6 Å². The Morgan fingerprint density at radius 1 is 0.920 bits per heavy atom. The molecule has 0 aromatic carbocycles. The van der Waals surface area contributed by atoms with E-state index in [1.807, 2.05) is 48.5 Å². The molecule has 0 heterocycles. The summed E-state index contributed by atoms with van der Waals surface area (Å²) >= 11 is 0. The van der Waals surface area contributed by atoms with E-state index < -0.39 is 23.2 Å². The Kier molecular flexibility index (Phi) is 9.43. The second-order valence-corrected chi connectivity index (χ2v) is 8.38. The predicted octanol–water partition coefficient (Wildman–Crippen LogP) is 3.36. The van der Waals surface area contributed by atoms with Gasteiger partial charge in [-0.2, -0.15) is 0 Å². The molecular weight excluding hydrogens is 326 g/mol. The molecule has 0 fully saturated rings. The molecule has 0 saturated heterocycles. The summed E-state index contributed by atoms with van der Waals surface area (Å²) in [5, 5.41) is 11.4. The fourth-order valence-corrected chi connectivity index (χ4v) is 1.88. The van der Waals surface area contributed by atoms with Gasteiger partial charge >= 0.3 is 12.1 Å². The van der Waals surface area contributed by atoms with E-state index in [0.29, 0.717) is 26.1 Å². The average Bonchev–Trinajstić information content (AvgIpc) is 2.33. The van der Waals surface area contributed by atoms with E-state index in [1.165, 1.54) is 0 Å². The Labute approximate surface area is 151 Å². The minimum Gasteiger partial charge on any atom is -0.481 e. The summed E-state index contributed by atoms with van der Waals surface area (Å²) in [6.45, 7) is 14.4. The van der Waals surface area contributed by atoms with E-state index in [-0.39, 0.29) is 18.6 Å². The number of aliphatic carboxylic acids is 1. The lowest BCUT2D eigenvalue weighted by Gasteiger charge is -2.31. The summed E-state index contributed by atoms with van der Waals surface area (Å²) in [7, 11) is 0. The molecule has 0 unspecified atom stereocenters. The molecule has 0 radical (unpaired) electrons. The zero-order chi connectivity index (χ0) is 19.7. The van der Waals surface area contributed by atoms with Crippen molar-refractivity contribution in [3.8, 4) is 0 Å². The average molecular weight is 361 g/mol. The molecule has 25 heavy (non-hydrogen) atoms. The van der Waals surface area contributed by atoms with Gasteiger partial charge in [-0.15, -0.1) is 0 Å². The fourth-order valence-electron chi connectivity index (χ4n) is 1.88. The normalized spacial score (nSPS) is 12.8. The molecule has 7 nitrogen and oxygen atoms in total. The largest absolute Gasteiger partial charge is 0.481 e. The third-order valence-corrected chi connectivity index (χ3v) is 3.37. The number of nitrogens with one attached hydrogen (secondary N) is 1. The van der Waals surface area contributed by atoms with Gasteiger partial charge in [-0.1, -0.05) is 0 Å². The van der Waals surface area contributed by atoms with Crippen LogP contribution in [0.3, 0.4) is 0 Å². The number of carboxylic acids is 1. The lowest BCUT2D eigenvalue weighted by atomic mass is 10.0. The third-order valence-electron chi connectivity index (χ3n) is 3.37. The second-order valence-electron chi connectivity index (χ2n) is 8.38. The van der Waals surface area contributed by atoms with Crippen LogP contribution in [0.5, 0.6) is 0 Å². The maximum absolute atomic E-state index is 11.9. The lowest BCUT2D eigenvalue weighted by Crippen LogP contribution is -2.46. The molecule has 0 rings (SSSR count). The van der Waals surface area contributed by atoms with E-state index >= 15 is 0 Å². The fraction of sp³-hybridized carbons (Fsp3) is 0.889. The van der Waals surface area contributed by atoms with E-state index in [9.17, 15) is 9.59 Å². The van der Waals surface area contributed by atoms with Gasteiger partial charge in [0, 0.05) is 18.8 Å². The molecule has 0 spiro atoms. The minimum absolute atomic E-state index is 0.00576. The first-order valence-corrected chi connectivity index (χ1v) is 8.67. The zero-order valence-electron chi connectivity index (χ0n) is 16.7. The number of carbonyl (C=O) groups excluding carboxylic acids is 1. The van der Waals surface area contributed by atoms with E-state index in [0.717, 1.165) is 0 Å². The Morgan fingerprint density at radius 3 is 2.04 bits per heavy atom. The van der Waals surface area contributed by atoms with Gasteiger partial charge in [0.15, 0.2) is 0 Å². The number of ether oxygens (including phenoxy) is 3. The molecule has 0 aliphatic heterocycles. The van der Waals surface area contributed by atoms with Gasteiger partial charge < -0.3 is 24.6 Å². The summed E-state index contributed by atoms with van der Waals surface area (Å²) in [6.07, 6.45) is 0.858. The Balaban J connectivity index is 4.08. The Bertz CT molecular complexity index is 426. The highest BCUT2D eigenvalue weighted by Crippen LogP contribution is 2.18. The van der Waals surface area contributed by atoms with Crippen molar-refractivity contribution in [3.63, 3.8) is 0 Å². The zero-order valence-corrected chi connectivity index (χ0v) is 16.7. The van der Waals surface area contributed by atoms with E-state index in [1.54, 1.807) is 0 Å². The highest BCUT2D eigenvalue weighted by Gasteiger charge is 2.26. The molecule has 0 aliphatic carbocycles. The maximum atomic E-state index is 11.9. The van der Waals surface area contributed by atoms with Crippen molar-refractivity contribution in [1.82, 2.24) is 5.32 Å². The van der Waals surface area contributed by atoms with Crippen LogP contribution in [0.1, 0.15) is 67.7 Å². The Hall–Kier alpha value is -1.34. The van der Waals surface area contributed by atoms with Crippen molar-refractivity contribution >= 4 is 12.1 Å². The summed E-state index contributed by atoms with van der Waals surface area (Å²) in [5.74, 6) is -0.866. The maximum Gasteiger partial charge on any atom is 0.408 e. The number of hydrogen-bond acceptors (Lipinski definition) is 5. The molecule has 0 atom stereocenters. The van der Waals surface area contributed by atoms with Gasteiger partial charge in [0.2, 0.25) is 0 Å². The molecule has 7 heteroatoms. The van der Waals surface area contributed by atoms with Crippen LogP contribution in [-0.4, -0.2) is 53.7 Å². The summed E-state index contributed by atoms with van der Waals surface area (Å²) < 4.78 is 16.4. The number of carbonyl (C=O) groups is 2. The van der Waals surface area contributed by atoms with Crippen LogP contribution < -0.4 is 5.32 Å². The molecular formula is C18H35NO6. The third kappa shape index (κ3) is 14.7. The number of rotatable bonds is 11. The van der Waals surface area contributed by atoms with Crippen LogP contribution in [0.4, 0.5) is 4.79 Å². The van der Waals surface area contributed by atoms with E-state index in [4.69, 9.17) is 19.3 Å². The van der Waals surface area contributed by atoms with Gasteiger partial charge in [0.25, 0.3) is 0 Å². The van der Waals surface area contributed by atoms with Crippen LogP contribution in [0, 0.1) is 0 Å². The van der Waals surface area contributed by atoms with Crippen molar-refractivity contribution < 1.29 is 28.9 Å². The first-order valence-electron chi connectivity index (χ1n) is 8.67. The molecule has 0 aliphatic rings. The van der Waals surface area contributed by atoms with Crippen LogP contribution in [-0.2, 0) is 19.0 Å². The number of hydrogen-bond donors (Lipinski definition) is 2. The van der Waals surface area contributed by atoms with Crippen molar-refractivity contribution in [2.24, 2.45) is 0 Å². The highest BCUT2D eigenvalue weighted by molar-refractivity contribution is 5.68. The first-order chi connectivity index (χ1) is 11.2. The number of amides is 1. The van der Waals surface area contributed by atoms with Crippen LogP contribution in [0.15, 0.2) is 0 Å². The molecule has 0 aromatic rings. The SMILES string of the molecule is CC(C)(CCOC(C)(C)CCOCCC(=O)O)NC(=O)OC(C)(C)C. The summed E-state index contributed by atoms with van der Waals surface area (Å²) in [5.41, 5.74) is -1.36. The standard InChI is InChI=1S/C18H35NO6/c1-16(2,3)25-15(22)19-17(4,5)9-13-24-18(6,7)10-12-23-11-8-14(20)21/h8-13H2,1-7H3,(H,19,22)(H,20,21). The number of carboxylic acid groups (broad SMARTS) is 1. The highest BCUT2D eigenvalue weighted by atomic mass is 16.6. The van der Waals surface area contributed by atoms with Gasteiger partial charge in [0.1, 0.15) is 5.60 Å². The van der Waals surface area contributed by atoms with Crippen LogP contribution in [0.25, 0.3) is 0 Å². The van der Waals surface area contributed by atoms with Crippen LogP contribution >= 0.6 is 0 Å². The molecule has 1 amide bonds. The summed E-state index contributed by atoms with van der Waals surface area (Å²) in [4.78, 5) is 22.3. The van der Waals surface area contributed by atoms with Gasteiger partial charge in [-0.05, 0) is 61.3 Å². The predicted molar refractivity (Wildman–Crippen MR) is 95.8 cm³/mol. The van der Waals surface area contributed by atoms with Crippen molar-refractivity contribution in [1.29, 1.82) is 0 Å². The van der Waals surface area contributed by atoms with Crippen molar-refractivity contribution in [2.45, 2.75) is 84.5 Å².